The van der Waals surface area contributed by atoms with Gasteiger partial charge < -0.3 is 4.90 Å². The van der Waals surface area contributed by atoms with Crippen LogP contribution in [0.1, 0.15) is 28.4 Å². The van der Waals surface area contributed by atoms with Crippen molar-refractivity contribution in [3.05, 3.63) is 65.2 Å². The van der Waals surface area contributed by atoms with Crippen LogP contribution in [0.3, 0.4) is 0 Å². The minimum Gasteiger partial charge on any atom is -0.337 e. The number of rotatable bonds is 4. The number of benzene rings is 2. The molecule has 1 atom stereocenters. The number of hydrogen-bond acceptors (Lipinski definition) is 3. The van der Waals surface area contributed by atoms with E-state index in [4.69, 9.17) is 0 Å². The molecule has 0 fully saturated rings. The molecule has 2 aromatic carbocycles. The summed E-state index contributed by atoms with van der Waals surface area (Å²) in [7, 11) is -1.55. The van der Waals surface area contributed by atoms with Gasteiger partial charge in [-0.25, -0.2) is 8.42 Å². The summed E-state index contributed by atoms with van der Waals surface area (Å²) in [4.78, 5) is 14.4. The third-order valence-electron chi connectivity index (χ3n) is 4.45. The lowest BCUT2D eigenvalue weighted by Crippen LogP contribution is -2.34. The molecule has 3 rings (SSSR count). The topological polar surface area (TPSA) is 57.7 Å². The molecule has 5 nitrogen and oxygen atoms in total. The Hall–Kier alpha value is -2.34. The first kappa shape index (κ1) is 17.5. The molecular weight excluding hydrogens is 336 g/mol. The van der Waals surface area contributed by atoms with Crippen LogP contribution in [0, 0.1) is 0 Å². The number of hydrogen-bond donors (Lipinski definition) is 0. The Bertz CT molecular complexity index is 894. The minimum absolute atomic E-state index is 0.0721. The summed E-state index contributed by atoms with van der Waals surface area (Å²) >= 11 is 0. The van der Waals surface area contributed by atoms with E-state index in [1.165, 1.54) is 10.6 Å². The molecule has 0 bridgehead atoms. The van der Waals surface area contributed by atoms with E-state index in [9.17, 15) is 13.2 Å². The molecule has 0 aromatic heterocycles. The SMILES string of the molecule is C[C@H]1Cc2cc(C(=O)N(C)Cc3ccccc3)ccc2N1S(C)(=O)=O. The minimum atomic E-state index is -3.32. The lowest BCUT2D eigenvalue weighted by atomic mass is 10.1. The van der Waals surface area contributed by atoms with Crippen molar-refractivity contribution in [1.29, 1.82) is 0 Å². The number of carbonyl (C=O) groups is 1. The van der Waals surface area contributed by atoms with Crippen molar-refractivity contribution in [3.63, 3.8) is 0 Å². The van der Waals surface area contributed by atoms with Crippen LogP contribution in [-0.4, -0.2) is 38.6 Å². The number of sulfonamides is 1. The molecule has 1 heterocycles. The van der Waals surface area contributed by atoms with E-state index < -0.39 is 10.0 Å². The number of fused-ring (bicyclic) bond motifs is 1. The van der Waals surface area contributed by atoms with Gasteiger partial charge in [0.05, 0.1) is 11.9 Å². The fourth-order valence-corrected chi connectivity index (χ4v) is 4.65. The maximum atomic E-state index is 12.7. The Morgan fingerprint density at radius 3 is 2.52 bits per heavy atom. The zero-order valence-electron chi connectivity index (χ0n) is 14.6. The van der Waals surface area contributed by atoms with Crippen molar-refractivity contribution in [2.45, 2.75) is 25.9 Å². The van der Waals surface area contributed by atoms with Crippen LogP contribution in [-0.2, 0) is 23.0 Å². The standard InChI is InChI=1S/C19H22N2O3S/c1-14-11-17-12-16(9-10-18(17)21(14)25(3,23)24)19(22)20(2)13-15-7-5-4-6-8-15/h4-10,12,14H,11,13H2,1-3H3/t14-/m0/s1. The van der Waals surface area contributed by atoms with Crippen molar-refractivity contribution in [1.82, 2.24) is 4.90 Å². The molecule has 1 amide bonds. The molecule has 0 spiro atoms. The summed E-state index contributed by atoms with van der Waals surface area (Å²) in [5, 5.41) is 0. The maximum absolute atomic E-state index is 12.7. The average molecular weight is 358 g/mol. The molecule has 0 aliphatic carbocycles. The number of nitrogens with zero attached hydrogens (tertiary/aromatic N) is 2. The Balaban J connectivity index is 1.83. The summed E-state index contributed by atoms with van der Waals surface area (Å²) in [6.45, 7) is 2.41. The second-order valence-electron chi connectivity index (χ2n) is 6.60. The second kappa shape index (κ2) is 6.52. The molecule has 6 heteroatoms. The van der Waals surface area contributed by atoms with Crippen LogP contribution in [0.5, 0.6) is 0 Å². The van der Waals surface area contributed by atoms with E-state index >= 15 is 0 Å². The Labute approximate surface area is 148 Å². The van der Waals surface area contributed by atoms with E-state index in [0.717, 1.165) is 11.1 Å². The zero-order chi connectivity index (χ0) is 18.2. The Kier molecular flexibility index (Phi) is 4.56. The van der Waals surface area contributed by atoms with E-state index in [-0.39, 0.29) is 11.9 Å². The first-order valence-corrected chi connectivity index (χ1v) is 10.0. The predicted octanol–water partition coefficient (Wildman–Crippen LogP) is 2.67. The van der Waals surface area contributed by atoms with Crippen LogP contribution < -0.4 is 4.31 Å². The molecule has 132 valence electrons. The molecular formula is C19H22N2O3S. The summed E-state index contributed by atoms with van der Waals surface area (Å²) < 4.78 is 25.4. The van der Waals surface area contributed by atoms with E-state index in [2.05, 4.69) is 0 Å². The Morgan fingerprint density at radius 1 is 1.20 bits per heavy atom. The van der Waals surface area contributed by atoms with Gasteiger partial charge in [-0.15, -0.1) is 0 Å². The van der Waals surface area contributed by atoms with Gasteiger partial charge in [-0.1, -0.05) is 30.3 Å². The van der Waals surface area contributed by atoms with Crippen LogP contribution in [0.15, 0.2) is 48.5 Å². The summed E-state index contributed by atoms with van der Waals surface area (Å²) in [6.07, 6.45) is 1.83. The molecule has 2 aromatic rings. The third-order valence-corrected chi connectivity index (χ3v) is 5.72. The van der Waals surface area contributed by atoms with Crippen molar-refractivity contribution in [2.24, 2.45) is 0 Å². The van der Waals surface area contributed by atoms with Gasteiger partial charge in [0, 0.05) is 25.2 Å². The van der Waals surface area contributed by atoms with Gasteiger partial charge in [-0.2, -0.15) is 0 Å². The molecule has 0 radical (unpaired) electrons. The average Bonchev–Trinajstić information content (AvgIpc) is 2.89. The first-order valence-electron chi connectivity index (χ1n) is 8.19. The Morgan fingerprint density at radius 2 is 1.88 bits per heavy atom. The quantitative estimate of drug-likeness (QED) is 0.844. The van der Waals surface area contributed by atoms with Crippen LogP contribution in [0.25, 0.3) is 0 Å². The van der Waals surface area contributed by atoms with Gasteiger partial charge in [-0.3, -0.25) is 9.10 Å². The van der Waals surface area contributed by atoms with Crippen molar-refractivity contribution < 1.29 is 13.2 Å². The molecule has 0 N–H and O–H groups in total. The van der Waals surface area contributed by atoms with Gasteiger partial charge in [0.2, 0.25) is 10.0 Å². The van der Waals surface area contributed by atoms with Crippen LogP contribution in [0.2, 0.25) is 0 Å². The predicted molar refractivity (Wildman–Crippen MR) is 99.2 cm³/mol. The zero-order valence-corrected chi connectivity index (χ0v) is 15.5. The molecule has 0 saturated carbocycles. The van der Waals surface area contributed by atoms with Crippen molar-refractivity contribution >= 4 is 21.6 Å². The van der Waals surface area contributed by atoms with Gasteiger partial charge >= 0.3 is 0 Å². The van der Waals surface area contributed by atoms with E-state index in [0.29, 0.717) is 24.2 Å². The lowest BCUT2D eigenvalue weighted by molar-refractivity contribution is 0.0785. The molecule has 0 unspecified atom stereocenters. The number of anilines is 1. The third kappa shape index (κ3) is 3.54. The fraction of sp³-hybridized carbons (Fsp3) is 0.316. The maximum Gasteiger partial charge on any atom is 0.253 e. The first-order chi connectivity index (χ1) is 11.8. The molecule has 1 aliphatic heterocycles. The fourth-order valence-electron chi connectivity index (χ4n) is 3.39. The van der Waals surface area contributed by atoms with Gasteiger partial charge in [0.1, 0.15) is 0 Å². The lowest BCUT2D eigenvalue weighted by Gasteiger charge is -2.22. The highest BCUT2D eigenvalue weighted by Gasteiger charge is 2.32. The van der Waals surface area contributed by atoms with Crippen molar-refractivity contribution in [2.75, 3.05) is 17.6 Å². The summed E-state index contributed by atoms with van der Waals surface area (Å²) in [6, 6.07) is 15.0. The molecule has 1 aliphatic rings. The summed E-state index contributed by atoms with van der Waals surface area (Å²) in [5.74, 6) is -0.0721. The van der Waals surface area contributed by atoms with E-state index in [1.54, 1.807) is 24.1 Å². The second-order valence-corrected chi connectivity index (χ2v) is 8.46. The largest absolute Gasteiger partial charge is 0.337 e. The number of carbonyl (C=O) groups excluding carboxylic acids is 1. The van der Waals surface area contributed by atoms with E-state index in [1.807, 2.05) is 43.3 Å². The monoisotopic (exact) mass is 358 g/mol. The van der Waals surface area contributed by atoms with Crippen LogP contribution >= 0.6 is 0 Å². The van der Waals surface area contributed by atoms with Crippen LogP contribution in [0.4, 0.5) is 5.69 Å². The number of amides is 1. The summed E-state index contributed by atoms with van der Waals surface area (Å²) in [5.41, 5.74) is 3.23. The highest BCUT2D eigenvalue weighted by molar-refractivity contribution is 7.92. The highest BCUT2D eigenvalue weighted by Crippen LogP contribution is 2.34. The normalized spacial score (nSPS) is 16.6. The molecule has 0 saturated heterocycles. The smallest absolute Gasteiger partial charge is 0.253 e. The van der Waals surface area contributed by atoms with Gasteiger partial charge in [0.15, 0.2) is 0 Å². The van der Waals surface area contributed by atoms with Gasteiger partial charge in [-0.05, 0) is 42.7 Å². The highest BCUT2D eigenvalue weighted by atomic mass is 32.2. The molecule has 25 heavy (non-hydrogen) atoms. The van der Waals surface area contributed by atoms with Gasteiger partial charge in [0.25, 0.3) is 5.91 Å². The van der Waals surface area contributed by atoms with Crippen molar-refractivity contribution in [3.8, 4) is 0 Å².